The number of anilines is 4. The number of fused-ring (bicyclic) bond motifs is 2. The number of methoxy groups -OCH3 is 6. The summed E-state index contributed by atoms with van der Waals surface area (Å²) in [6.45, 7) is 0. The fourth-order valence-electron chi connectivity index (χ4n) is 7.70. The number of nitrogens with one attached hydrogen (secondary N) is 1. The minimum atomic E-state index is -0.306. The summed E-state index contributed by atoms with van der Waals surface area (Å²) >= 11 is 1.53. The molecular weight excluding hydrogens is 831 g/mol. The van der Waals surface area contributed by atoms with Crippen LogP contribution in [0.5, 0.6) is 34.5 Å². The summed E-state index contributed by atoms with van der Waals surface area (Å²) in [7, 11) is 9.25. The highest BCUT2D eigenvalue weighted by molar-refractivity contribution is 7.99. The van der Waals surface area contributed by atoms with Crippen LogP contribution in [-0.2, 0) is 9.59 Å². The van der Waals surface area contributed by atoms with Crippen molar-refractivity contribution in [3.8, 4) is 34.5 Å². The van der Waals surface area contributed by atoms with Crippen LogP contribution in [0.25, 0.3) is 12.2 Å². The molecule has 0 unspecified atom stereocenters. The third-order valence-corrected chi connectivity index (χ3v) is 11.8. The monoisotopic (exact) mass is 871 g/mol. The third-order valence-electron chi connectivity index (χ3n) is 10.7. The number of carbonyl (C=O) groups excluding carboxylic acids is 2. The van der Waals surface area contributed by atoms with E-state index in [0.717, 1.165) is 32.3 Å². The van der Waals surface area contributed by atoms with Crippen LogP contribution in [0.2, 0.25) is 0 Å². The molecule has 3 aliphatic rings. The maximum absolute atomic E-state index is 14.5. The standard InChI is InChI=1S/C50H41N5O8S/c1-58-39-23-29(24-40(59-2)45(39)62-5)21-37-49(56)54(47(52-37)31-13-9-7-10-14-31)33-17-19-35-43(27-33)64-44-28-34(18-20-36(44)51-35)55-48(32-15-11-8-12-16-32)53-38(50(55)57)22-30-25-41(60-3)46(63-6)42(26-30)61-4/h7-28,51H,1-6H3/b37-21-,38-22-. The number of benzene rings is 6. The first kappa shape index (κ1) is 41.4. The molecule has 0 fully saturated rings. The lowest BCUT2D eigenvalue weighted by Crippen LogP contribution is -2.32. The van der Waals surface area contributed by atoms with Gasteiger partial charge in [-0.25, -0.2) is 9.98 Å². The fourth-order valence-corrected chi connectivity index (χ4v) is 8.75. The first-order valence-electron chi connectivity index (χ1n) is 20.0. The molecule has 0 saturated heterocycles. The molecule has 13 nitrogen and oxygen atoms in total. The molecule has 1 N–H and O–H groups in total. The molecule has 6 aromatic rings. The van der Waals surface area contributed by atoms with Gasteiger partial charge in [0.15, 0.2) is 23.0 Å². The summed E-state index contributed by atoms with van der Waals surface area (Å²) in [6.07, 6.45) is 3.42. The molecule has 0 aliphatic carbocycles. The zero-order valence-electron chi connectivity index (χ0n) is 35.7. The van der Waals surface area contributed by atoms with Crippen molar-refractivity contribution in [3.05, 3.63) is 155 Å². The maximum Gasteiger partial charge on any atom is 0.282 e. The number of hydrogen-bond donors (Lipinski definition) is 1. The highest BCUT2D eigenvalue weighted by Crippen LogP contribution is 2.48. The van der Waals surface area contributed by atoms with Gasteiger partial charge in [-0.1, -0.05) is 72.4 Å². The lowest BCUT2D eigenvalue weighted by molar-refractivity contribution is -0.114. The van der Waals surface area contributed by atoms with E-state index in [0.29, 0.717) is 68.7 Å². The number of amides is 2. The van der Waals surface area contributed by atoms with E-state index >= 15 is 0 Å². The number of nitrogens with zero attached hydrogens (tertiary/aromatic N) is 4. The SMILES string of the molecule is COc1cc(/C=C2\N=C(c3ccccc3)N(c3ccc4c(c3)Sc3cc(N5C(=O)/C(=C/c6cc(OC)c(OC)c(OC)c6)N=C5c5ccccc5)ccc3N4)C2=O)cc(OC)c1OC. The first-order valence-corrected chi connectivity index (χ1v) is 20.8. The molecule has 3 heterocycles. The molecule has 320 valence electrons. The second kappa shape index (κ2) is 17.4. The van der Waals surface area contributed by atoms with Crippen molar-refractivity contribution in [2.24, 2.45) is 9.98 Å². The van der Waals surface area contributed by atoms with Crippen LogP contribution in [-0.4, -0.2) is 66.1 Å². The molecule has 14 heteroatoms. The highest BCUT2D eigenvalue weighted by atomic mass is 32.2. The van der Waals surface area contributed by atoms with Crippen LogP contribution in [0.15, 0.2) is 152 Å². The van der Waals surface area contributed by atoms with E-state index in [1.54, 1.807) is 74.7 Å². The number of rotatable bonds is 12. The van der Waals surface area contributed by atoms with Crippen LogP contribution in [0.1, 0.15) is 22.3 Å². The largest absolute Gasteiger partial charge is 0.493 e. The smallest absolute Gasteiger partial charge is 0.282 e. The summed E-state index contributed by atoms with van der Waals surface area (Å²) in [5.74, 6) is 3.06. The number of aliphatic imine (C=N–C) groups is 2. The minimum Gasteiger partial charge on any atom is -0.493 e. The number of carbonyl (C=O) groups is 2. The van der Waals surface area contributed by atoms with Crippen LogP contribution in [0, 0.1) is 0 Å². The van der Waals surface area contributed by atoms with Gasteiger partial charge in [-0.3, -0.25) is 19.4 Å². The van der Waals surface area contributed by atoms with E-state index in [2.05, 4.69) is 5.32 Å². The van der Waals surface area contributed by atoms with Crippen LogP contribution in [0.3, 0.4) is 0 Å². The van der Waals surface area contributed by atoms with Gasteiger partial charge in [0, 0.05) is 20.9 Å². The molecule has 9 rings (SSSR count). The summed E-state index contributed by atoms with van der Waals surface area (Å²) in [4.78, 5) is 43.7. The normalized spacial score (nSPS) is 15.3. The van der Waals surface area contributed by atoms with Crippen LogP contribution >= 0.6 is 11.8 Å². The van der Waals surface area contributed by atoms with Crippen molar-refractivity contribution in [1.82, 2.24) is 0 Å². The molecule has 0 atom stereocenters. The van der Waals surface area contributed by atoms with Crippen molar-refractivity contribution >= 4 is 70.1 Å². The second-order valence-corrected chi connectivity index (χ2v) is 15.5. The Kier molecular flexibility index (Phi) is 11.3. The van der Waals surface area contributed by atoms with E-state index < -0.39 is 0 Å². The highest BCUT2D eigenvalue weighted by Gasteiger charge is 2.35. The minimum absolute atomic E-state index is 0.233. The number of amidine groups is 2. The Labute approximate surface area is 373 Å². The molecule has 2 amide bonds. The van der Waals surface area contributed by atoms with Gasteiger partial charge in [0.25, 0.3) is 11.8 Å². The molecule has 0 radical (unpaired) electrons. The van der Waals surface area contributed by atoms with Gasteiger partial charge >= 0.3 is 0 Å². The topological polar surface area (TPSA) is 133 Å². The van der Waals surface area contributed by atoms with Gasteiger partial charge in [-0.2, -0.15) is 0 Å². The van der Waals surface area contributed by atoms with Crippen LogP contribution in [0.4, 0.5) is 22.7 Å². The average molecular weight is 872 g/mol. The average Bonchev–Trinajstić information content (AvgIpc) is 3.84. The molecule has 0 bridgehead atoms. The van der Waals surface area contributed by atoms with E-state index in [-0.39, 0.29) is 23.2 Å². The van der Waals surface area contributed by atoms with E-state index in [9.17, 15) is 9.59 Å². The van der Waals surface area contributed by atoms with E-state index in [4.69, 9.17) is 38.4 Å². The first-order chi connectivity index (χ1) is 31.2. The fraction of sp³-hybridized carbons (Fsp3) is 0.120. The summed E-state index contributed by atoms with van der Waals surface area (Å²) in [5.41, 5.74) is 6.29. The Hall–Kier alpha value is -7.97. The summed E-state index contributed by atoms with van der Waals surface area (Å²) in [5, 5.41) is 3.55. The Morgan fingerprint density at radius 3 is 1.20 bits per heavy atom. The van der Waals surface area contributed by atoms with Crippen LogP contribution < -0.4 is 43.5 Å². The second-order valence-electron chi connectivity index (χ2n) is 14.4. The summed E-state index contributed by atoms with van der Waals surface area (Å²) < 4.78 is 33.3. The van der Waals surface area contributed by atoms with Crippen molar-refractivity contribution in [2.45, 2.75) is 9.79 Å². The molecule has 0 aromatic heterocycles. The van der Waals surface area contributed by atoms with Gasteiger partial charge < -0.3 is 33.7 Å². The lowest BCUT2D eigenvalue weighted by atomic mass is 10.1. The van der Waals surface area contributed by atoms with Crippen molar-refractivity contribution in [3.63, 3.8) is 0 Å². The maximum atomic E-state index is 14.5. The number of ether oxygens (including phenoxy) is 6. The Morgan fingerprint density at radius 2 is 0.859 bits per heavy atom. The zero-order valence-corrected chi connectivity index (χ0v) is 36.5. The lowest BCUT2D eigenvalue weighted by Gasteiger charge is -2.26. The van der Waals surface area contributed by atoms with Gasteiger partial charge in [-0.15, -0.1) is 0 Å². The molecule has 0 spiro atoms. The molecule has 3 aliphatic heterocycles. The molecular formula is C50H41N5O8S. The van der Waals surface area contributed by atoms with Gasteiger partial charge in [0.2, 0.25) is 11.5 Å². The van der Waals surface area contributed by atoms with Crippen molar-refractivity contribution < 1.29 is 38.0 Å². The summed E-state index contributed by atoms with van der Waals surface area (Å²) in [6, 6.07) is 37.9. The van der Waals surface area contributed by atoms with E-state index in [1.165, 1.54) is 26.0 Å². The zero-order chi connectivity index (χ0) is 44.5. The van der Waals surface area contributed by atoms with Crippen molar-refractivity contribution in [2.75, 3.05) is 57.8 Å². The molecule has 6 aromatic carbocycles. The van der Waals surface area contributed by atoms with Crippen molar-refractivity contribution in [1.29, 1.82) is 0 Å². The quantitative estimate of drug-likeness (QED) is 0.118. The predicted molar refractivity (Wildman–Crippen MR) is 249 cm³/mol. The number of hydrogen-bond acceptors (Lipinski definition) is 12. The Morgan fingerprint density at radius 1 is 0.484 bits per heavy atom. The molecule has 0 saturated carbocycles. The Balaban J connectivity index is 1.06. The molecule has 64 heavy (non-hydrogen) atoms. The Bertz CT molecular complexity index is 2720. The third kappa shape index (κ3) is 7.53. The predicted octanol–water partition coefficient (Wildman–Crippen LogP) is 9.62. The van der Waals surface area contributed by atoms with E-state index in [1.807, 2.05) is 97.1 Å². The van der Waals surface area contributed by atoms with Gasteiger partial charge in [0.1, 0.15) is 23.1 Å². The van der Waals surface area contributed by atoms with Gasteiger partial charge in [0.05, 0.1) is 65.4 Å². The van der Waals surface area contributed by atoms with Gasteiger partial charge in [-0.05, 0) is 83.9 Å².